The molecule has 3 aliphatic carbocycles. The van der Waals surface area contributed by atoms with Crippen LogP contribution in [-0.4, -0.2) is 24.4 Å². The van der Waals surface area contributed by atoms with Gasteiger partial charge in [0.25, 0.3) is 5.92 Å². The molecule has 3 aliphatic rings. The number of fused-ring (bicyclic) bond motifs is 3. The molecule has 0 N–H and O–H groups in total. The summed E-state index contributed by atoms with van der Waals surface area (Å²) in [6, 6.07) is 0. The standard InChI is InChI=1S/C12H18F2O2/c1-3-9(15)11-6-4-10(16-2,5-7-11)8-12(11,13)14/h3-8H2,1-2H3. The van der Waals surface area contributed by atoms with Crippen LogP contribution in [0, 0.1) is 5.41 Å². The molecular formula is C12H18F2O2. The Hall–Kier alpha value is -0.510. The van der Waals surface area contributed by atoms with Crippen LogP contribution in [0.4, 0.5) is 8.78 Å². The van der Waals surface area contributed by atoms with Gasteiger partial charge in [-0.2, -0.15) is 0 Å². The highest BCUT2D eigenvalue weighted by Crippen LogP contribution is 2.61. The van der Waals surface area contributed by atoms with Crippen molar-refractivity contribution in [2.24, 2.45) is 5.41 Å². The summed E-state index contributed by atoms with van der Waals surface area (Å²) in [7, 11) is 1.50. The maximum Gasteiger partial charge on any atom is 0.263 e. The van der Waals surface area contributed by atoms with Gasteiger partial charge in [-0.1, -0.05) is 6.92 Å². The Balaban J connectivity index is 2.34. The molecule has 92 valence electrons. The number of carbonyl (C=O) groups is 1. The largest absolute Gasteiger partial charge is 0.378 e. The van der Waals surface area contributed by atoms with Gasteiger partial charge in [0, 0.05) is 20.0 Å². The van der Waals surface area contributed by atoms with E-state index in [1.807, 2.05) is 0 Å². The molecule has 3 rings (SSSR count). The Morgan fingerprint density at radius 1 is 1.25 bits per heavy atom. The lowest BCUT2D eigenvalue weighted by molar-refractivity contribution is -0.243. The quantitative estimate of drug-likeness (QED) is 0.747. The number of halogens is 2. The van der Waals surface area contributed by atoms with Crippen molar-refractivity contribution in [3.8, 4) is 0 Å². The molecule has 0 saturated heterocycles. The summed E-state index contributed by atoms with van der Waals surface area (Å²) in [5, 5.41) is 0. The van der Waals surface area contributed by atoms with E-state index in [4.69, 9.17) is 4.74 Å². The van der Waals surface area contributed by atoms with Gasteiger partial charge in [0.2, 0.25) is 0 Å². The molecule has 2 nitrogen and oxygen atoms in total. The molecule has 16 heavy (non-hydrogen) atoms. The molecule has 0 aliphatic heterocycles. The molecule has 2 bridgehead atoms. The topological polar surface area (TPSA) is 26.3 Å². The molecule has 3 saturated carbocycles. The number of hydrogen-bond acceptors (Lipinski definition) is 2. The highest BCUT2D eigenvalue weighted by Gasteiger charge is 2.67. The van der Waals surface area contributed by atoms with Crippen LogP contribution < -0.4 is 0 Å². The molecule has 4 heteroatoms. The van der Waals surface area contributed by atoms with E-state index in [-0.39, 0.29) is 31.5 Å². The molecule has 0 unspecified atom stereocenters. The van der Waals surface area contributed by atoms with Gasteiger partial charge in [0.05, 0.1) is 11.0 Å². The van der Waals surface area contributed by atoms with Crippen molar-refractivity contribution in [3.05, 3.63) is 0 Å². The summed E-state index contributed by atoms with van der Waals surface area (Å²) < 4.78 is 33.5. The predicted molar refractivity (Wildman–Crippen MR) is 55.5 cm³/mol. The van der Waals surface area contributed by atoms with E-state index >= 15 is 0 Å². The van der Waals surface area contributed by atoms with Gasteiger partial charge < -0.3 is 4.74 Å². The van der Waals surface area contributed by atoms with Crippen LogP contribution in [0.25, 0.3) is 0 Å². The van der Waals surface area contributed by atoms with Crippen molar-refractivity contribution in [3.63, 3.8) is 0 Å². The van der Waals surface area contributed by atoms with E-state index in [1.54, 1.807) is 6.92 Å². The summed E-state index contributed by atoms with van der Waals surface area (Å²) >= 11 is 0. The number of carbonyl (C=O) groups excluding carboxylic acids is 1. The minimum absolute atomic E-state index is 0.204. The number of methoxy groups -OCH3 is 1. The minimum Gasteiger partial charge on any atom is -0.378 e. The number of ether oxygens (including phenoxy) is 1. The second kappa shape index (κ2) is 3.49. The molecular weight excluding hydrogens is 214 g/mol. The first-order valence-electron chi connectivity index (χ1n) is 5.88. The first-order chi connectivity index (χ1) is 7.41. The molecule has 0 aromatic rings. The average Bonchev–Trinajstić information content (AvgIpc) is 2.28. The third-order valence-electron chi connectivity index (χ3n) is 4.55. The third-order valence-corrected chi connectivity index (χ3v) is 4.55. The normalized spacial score (nSPS) is 41.0. The molecule has 0 amide bonds. The van der Waals surface area contributed by atoms with Gasteiger partial charge in [-0.3, -0.25) is 4.79 Å². The zero-order chi connectivity index (χ0) is 12.0. The maximum absolute atomic E-state index is 14.1. The monoisotopic (exact) mass is 232 g/mol. The van der Waals surface area contributed by atoms with Gasteiger partial charge >= 0.3 is 0 Å². The first kappa shape index (κ1) is 12.0. The molecule has 3 fully saturated rings. The highest BCUT2D eigenvalue weighted by molar-refractivity contribution is 5.86. The molecule has 0 radical (unpaired) electrons. The molecule has 0 atom stereocenters. The third kappa shape index (κ3) is 1.35. The summed E-state index contributed by atoms with van der Waals surface area (Å²) in [5.41, 5.74) is -2.07. The van der Waals surface area contributed by atoms with Gasteiger partial charge in [-0.25, -0.2) is 8.78 Å². The van der Waals surface area contributed by atoms with Crippen LogP contribution in [0.15, 0.2) is 0 Å². The average molecular weight is 232 g/mol. The Morgan fingerprint density at radius 2 is 1.81 bits per heavy atom. The first-order valence-corrected chi connectivity index (χ1v) is 5.88. The van der Waals surface area contributed by atoms with Crippen molar-refractivity contribution in [1.29, 1.82) is 0 Å². The minimum atomic E-state index is -2.90. The van der Waals surface area contributed by atoms with E-state index in [2.05, 4.69) is 0 Å². The Kier molecular flexibility index (Phi) is 2.61. The lowest BCUT2D eigenvalue weighted by atomic mass is 9.54. The zero-order valence-corrected chi connectivity index (χ0v) is 9.82. The van der Waals surface area contributed by atoms with Crippen LogP contribution in [-0.2, 0) is 9.53 Å². The molecule has 0 aromatic carbocycles. The van der Waals surface area contributed by atoms with Crippen LogP contribution in [0.1, 0.15) is 45.4 Å². The number of ketones is 1. The molecule has 0 aromatic heterocycles. The fraction of sp³-hybridized carbons (Fsp3) is 0.917. The Labute approximate surface area is 94.3 Å². The number of alkyl halides is 2. The van der Waals surface area contributed by atoms with E-state index in [9.17, 15) is 13.6 Å². The van der Waals surface area contributed by atoms with Gasteiger partial charge in [-0.15, -0.1) is 0 Å². The van der Waals surface area contributed by atoms with E-state index in [0.717, 1.165) is 0 Å². The Bertz CT molecular complexity index is 304. The number of rotatable bonds is 3. The second-order valence-electron chi connectivity index (χ2n) is 5.13. The van der Waals surface area contributed by atoms with Crippen molar-refractivity contribution in [2.75, 3.05) is 7.11 Å². The van der Waals surface area contributed by atoms with E-state index < -0.39 is 16.9 Å². The van der Waals surface area contributed by atoms with Crippen molar-refractivity contribution in [1.82, 2.24) is 0 Å². The van der Waals surface area contributed by atoms with Gasteiger partial charge in [0.15, 0.2) is 0 Å². The van der Waals surface area contributed by atoms with Crippen LogP contribution in [0.3, 0.4) is 0 Å². The SMILES string of the molecule is CCC(=O)C12CCC(OC)(CC1)CC2(F)F. The molecule has 0 heterocycles. The smallest absolute Gasteiger partial charge is 0.263 e. The lowest BCUT2D eigenvalue weighted by Crippen LogP contribution is -2.62. The van der Waals surface area contributed by atoms with Crippen LogP contribution in [0.2, 0.25) is 0 Å². The highest BCUT2D eigenvalue weighted by atomic mass is 19.3. The van der Waals surface area contributed by atoms with Crippen LogP contribution >= 0.6 is 0 Å². The summed E-state index contributed by atoms with van der Waals surface area (Å²) in [5.74, 6) is -3.17. The fourth-order valence-corrected chi connectivity index (χ4v) is 3.35. The van der Waals surface area contributed by atoms with E-state index in [0.29, 0.717) is 12.8 Å². The Morgan fingerprint density at radius 3 is 2.19 bits per heavy atom. The number of Topliss-reactive ketones (excluding diaryl/α,β-unsaturated/α-hetero) is 1. The van der Waals surface area contributed by atoms with Crippen molar-refractivity contribution in [2.45, 2.75) is 57.0 Å². The molecule has 0 spiro atoms. The fourth-order valence-electron chi connectivity index (χ4n) is 3.35. The second-order valence-corrected chi connectivity index (χ2v) is 5.13. The lowest BCUT2D eigenvalue weighted by Gasteiger charge is -2.55. The van der Waals surface area contributed by atoms with Crippen molar-refractivity contribution < 1.29 is 18.3 Å². The van der Waals surface area contributed by atoms with Crippen LogP contribution in [0.5, 0.6) is 0 Å². The number of hydrogen-bond donors (Lipinski definition) is 0. The van der Waals surface area contributed by atoms with Gasteiger partial charge in [-0.05, 0) is 25.7 Å². The summed E-state index contributed by atoms with van der Waals surface area (Å²) in [4.78, 5) is 11.8. The van der Waals surface area contributed by atoms with E-state index in [1.165, 1.54) is 7.11 Å². The summed E-state index contributed by atoms with van der Waals surface area (Å²) in [6.45, 7) is 1.67. The van der Waals surface area contributed by atoms with Crippen molar-refractivity contribution >= 4 is 5.78 Å². The maximum atomic E-state index is 14.1. The summed E-state index contributed by atoms with van der Waals surface area (Å²) in [6.07, 6.45) is 1.65. The zero-order valence-electron chi connectivity index (χ0n) is 9.82. The van der Waals surface area contributed by atoms with Gasteiger partial charge in [0.1, 0.15) is 5.78 Å². The predicted octanol–water partition coefficient (Wildman–Crippen LogP) is 2.95.